The van der Waals surface area contributed by atoms with Crippen molar-refractivity contribution in [2.45, 2.75) is 18.9 Å². The highest BCUT2D eigenvalue weighted by molar-refractivity contribution is 5.94. The fourth-order valence-electron chi connectivity index (χ4n) is 3.57. The zero-order valence-corrected chi connectivity index (χ0v) is 15.2. The van der Waals surface area contributed by atoms with Gasteiger partial charge in [-0.1, -0.05) is 24.3 Å². The molecule has 0 aliphatic carbocycles. The van der Waals surface area contributed by atoms with Gasteiger partial charge < -0.3 is 14.4 Å². The summed E-state index contributed by atoms with van der Waals surface area (Å²) in [6.07, 6.45) is 1.63. The van der Waals surface area contributed by atoms with Gasteiger partial charge in [-0.3, -0.25) is 4.79 Å². The summed E-state index contributed by atoms with van der Waals surface area (Å²) in [6.45, 7) is 1.13. The third kappa shape index (κ3) is 4.05. The molecule has 0 N–H and O–H groups in total. The average molecular weight is 357 g/mol. The van der Waals surface area contributed by atoms with Crippen molar-refractivity contribution in [1.82, 2.24) is 4.90 Å². The van der Waals surface area contributed by atoms with Gasteiger partial charge in [-0.2, -0.15) is 0 Å². The smallest absolute Gasteiger partial charge is 0.256 e. The monoisotopic (exact) mass is 357 g/mol. The molecule has 2 aromatic rings. The largest absolute Gasteiger partial charge is 0.497 e. The molecule has 2 atom stereocenters. The Morgan fingerprint density at radius 2 is 1.88 bits per heavy atom. The summed E-state index contributed by atoms with van der Waals surface area (Å²) >= 11 is 0. The summed E-state index contributed by atoms with van der Waals surface area (Å²) in [5.41, 5.74) is 1.30. The van der Waals surface area contributed by atoms with E-state index in [1.165, 1.54) is 6.07 Å². The van der Waals surface area contributed by atoms with Crippen molar-refractivity contribution in [3.05, 3.63) is 65.5 Å². The first-order valence-electron chi connectivity index (χ1n) is 8.82. The number of hydrogen-bond donors (Lipinski definition) is 0. The van der Waals surface area contributed by atoms with E-state index in [-0.39, 0.29) is 23.5 Å². The van der Waals surface area contributed by atoms with E-state index >= 15 is 0 Å². The Morgan fingerprint density at radius 1 is 1.15 bits per heavy atom. The maximum atomic E-state index is 14.0. The molecule has 1 heterocycles. The van der Waals surface area contributed by atoms with Crippen LogP contribution < -0.4 is 4.74 Å². The summed E-state index contributed by atoms with van der Waals surface area (Å²) in [6, 6.07) is 14.1. The lowest BCUT2D eigenvalue weighted by atomic mass is 9.88. The number of hydrogen-bond acceptors (Lipinski definition) is 3. The molecule has 0 saturated carbocycles. The normalized spacial score (nSPS) is 20.0. The van der Waals surface area contributed by atoms with E-state index in [0.29, 0.717) is 13.1 Å². The van der Waals surface area contributed by atoms with Crippen LogP contribution >= 0.6 is 0 Å². The van der Waals surface area contributed by atoms with Gasteiger partial charge in [0.05, 0.1) is 18.8 Å². The molecule has 2 aromatic carbocycles. The van der Waals surface area contributed by atoms with Crippen molar-refractivity contribution in [3.63, 3.8) is 0 Å². The number of nitrogens with zero attached hydrogens (tertiary/aromatic N) is 1. The zero-order valence-electron chi connectivity index (χ0n) is 15.2. The van der Waals surface area contributed by atoms with Crippen LogP contribution in [0.5, 0.6) is 5.75 Å². The highest BCUT2D eigenvalue weighted by Crippen LogP contribution is 2.26. The second-order valence-electron chi connectivity index (χ2n) is 6.61. The number of halogens is 1. The van der Waals surface area contributed by atoms with Crippen LogP contribution in [-0.2, 0) is 11.2 Å². The van der Waals surface area contributed by atoms with Crippen molar-refractivity contribution in [3.8, 4) is 5.75 Å². The highest BCUT2D eigenvalue weighted by atomic mass is 19.1. The standard InChI is InChI=1S/C21H24FNO3/c1-25-17-9-7-15(8-10-17)13-16-14-23(12-11-20(16)26-2)21(24)18-5-3-4-6-19(18)22/h3-10,16,20H,11-14H2,1-2H3/t16-,20-/m0/s1. The van der Waals surface area contributed by atoms with E-state index in [2.05, 4.69) is 0 Å². The van der Waals surface area contributed by atoms with E-state index in [4.69, 9.17) is 9.47 Å². The van der Waals surface area contributed by atoms with Crippen molar-refractivity contribution in [2.75, 3.05) is 27.3 Å². The molecule has 0 radical (unpaired) electrons. The number of rotatable bonds is 5. The van der Waals surface area contributed by atoms with Crippen molar-refractivity contribution < 1.29 is 18.7 Å². The number of carbonyl (C=O) groups is 1. The molecule has 5 heteroatoms. The minimum atomic E-state index is -0.474. The molecule has 0 bridgehead atoms. The SMILES string of the molecule is COc1ccc(C[C@H]2CN(C(=O)c3ccccc3F)CC[C@@H]2OC)cc1. The summed E-state index contributed by atoms with van der Waals surface area (Å²) in [4.78, 5) is 14.5. The van der Waals surface area contributed by atoms with Gasteiger partial charge in [0.25, 0.3) is 5.91 Å². The van der Waals surface area contributed by atoms with E-state index in [1.54, 1.807) is 37.3 Å². The summed E-state index contributed by atoms with van der Waals surface area (Å²) in [5, 5.41) is 0. The Morgan fingerprint density at radius 3 is 2.54 bits per heavy atom. The number of amides is 1. The molecule has 1 saturated heterocycles. The van der Waals surface area contributed by atoms with Gasteiger partial charge in [-0.15, -0.1) is 0 Å². The Hall–Kier alpha value is -2.40. The molecule has 4 nitrogen and oxygen atoms in total. The van der Waals surface area contributed by atoms with Gasteiger partial charge in [0.1, 0.15) is 11.6 Å². The van der Waals surface area contributed by atoms with E-state index in [9.17, 15) is 9.18 Å². The predicted octanol–water partition coefficient (Wildman–Crippen LogP) is 3.55. The maximum Gasteiger partial charge on any atom is 0.256 e. The molecule has 0 aromatic heterocycles. The number of likely N-dealkylation sites (tertiary alicyclic amines) is 1. The Labute approximate surface area is 153 Å². The summed E-state index contributed by atoms with van der Waals surface area (Å²) in [7, 11) is 3.35. The molecule has 0 spiro atoms. The quantitative estimate of drug-likeness (QED) is 0.821. The second kappa shape index (κ2) is 8.32. The first kappa shape index (κ1) is 18.4. The number of ether oxygens (including phenoxy) is 2. The minimum Gasteiger partial charge on any atom is -0.497 e. The van der Waals surface area contributed by atoms with Gasteiger partial charge in [0.2, 0.25) is 0 Å². The van der Waals surface area contributed by atoms with Crippen LogP contribution in [-0.4, -0.2) is 44.2 Å². The number of benzene rings is 2. The van der Waals surface area contributed by atoms with Crippen LogP contribution in [0.1, 0.15) is 22.3 Å². The number of carbonyl (C=O) groups excluding carboxylic acids is 1. The fourth-order valence-corrected chi connectivity index (χ4v) is 3.57. The lowest BCUT2D eigenvalue weighted by molar-refractivity contribution is -0.00312. The van der Waals surface area contributed by atoms with E-state index < -0.39 is 5.82 Å². The molecule has 3 rings (SSSR count). The molecular weight excluding hydrogens is 333 g/mol. The van der Waals surface area contributed by atoms with E-state index in [0.717, 1.165) is 24.2 Å². The topological polar surface area (TPSA) is 38.8 Å². The van der Waals surface area contributed by atoms with Gasteiger partial charge in [-0.05, 0) is 42.7 Å². The van der Waals surface area contributed by atoms with Gasteiger partial charge in [0.15, 0.2) is 0 Å². The number of piperidine rings is 1. The van der Waals surface area contributed by atoms with Crippen LogP contribution in [0.4, 0.5) is 4.39 Å². The summed E-state index contributed by atoms with van der Waals surface area (Å²) in [5.74, 6) is 0.255. The van der Waals surface area contributed by atoms with Gasteiger partial charge in [-0.25, -0.2) is 4.39 Å². The van der Waals surface area contributed by atoms with Crippen molar-refractivity contribution in [2.24, 2.45) is 5.92 Å². The fraction of sp³-hybridized carbons (Fsp3) is 0.381. The maximum absolute atomic E-state index is 14.0. The third-order valence-electron chi connectivity index (χ3n) is 5.02. The Balaban J connectivity index is 1.73. The lowest BCUT2D eigenvalue weighted by Crippen LogP contribution is -2.47. The van der Waals surface area contributed by atoms with Gasteiger partial charge in [0, 0.05) is 26.1 Å². The molecular formula is C21H24FNO3. The first-order chi connectivity index (χ1) is 12.6. The predicted molar refractivity (Wildman–Crippen MR) is 97.9 cm³/mol. The molecule has 1 aliphatic heterocycles. The number of methoxy groups -OCH3 is 2. The molecule has 138 valence electrons. The molecule has 0 unspecified atom stereocenters. The Kier molecular flexibility index (Phi) is 5.89. The average Bonchev–Trinajstić information content (AvgIpc) is 2.68. The molecule has 1 aliphatic rings. The van der Waals surface area contributed by atoms with Crippen LogP contribution in [0, 0.1) is 11.7 Å². The third-order valence-corrected chi connectivity index (χ3v) is 5.02. The lowest BCUT2D eigenvalue weighted by Gasteiger charge is -2.38. The van der Waals surface area contributed by atoms with Crippen LogP contribution in [0.15, 0.2) is 48.5 Å². The van der Waals surface area contributed by atoms with Crippen LogP contribution in [0.25, 0.3) is 0 Å². The Bertz CT molecular complexity index is 747. The minimum absolute atomic E-state index is 0.0850. The second-order valence-corrected chi connectivity index (χ2v) is 6.61. The first-order valence-corrected chi connectivity index (χ1v) is 8.82. The molecule has 1 fully saturated rings. The molecule has 1 amide bonds. The zero-order chi connectivity index (χ0) is 18.5. The highest BCUT2D eigenvalue weighted by Gasteiger charge is 2.32. The van der Waals surface area contributed by atoms with E-state index in [1.807, 2.05) is 24.3 Å². The van der Waals surface area contributed by atoms with Gasteiger partial charge >= 0.3 is 0 Å². The van der Waals surface area contributed by atoms with Crippen LogP contribution in [0.3, 0.4) is 0 Å². The van der Waals surface area contributed by atoms with Crippen LogP contribution in [0.2, 0.25) is 0 Å². The van der Waals surface area contributed by atoms with Crippen molar-refractivity contribution in [1.29, 1.82) is 0 Å². The molecule has 26 heavy (non-hydrogen) atoms. The van der Waals surface area contributed by atoms with Crippen molar-refractivity contribution >= 4 is 5.91 Å². The summed E-state index contributed by atoms with van der Waals surface area (Å²) < 4.78 is 24.8.